The molecule has 0 saturated heterocycles. The van der Waals surface area contributed by atoms with Crippen LogP contribution >= 0.6 is 28.1 Å². The second kappa shape index (κ2) is 9.03. The molecule has 0 aliphatic carbocycles. The Morgan fingerprint density at radius 1 is 1.19 bits per heavy atom. The number of halogens is 1. The van der Waals surface area contributed by atoms with Gasteiger partial charge in [0.05, 0.1) is 29.6 Å². The van der Waals surface area contributed by atoms with Crippen molar-refractivity contribution in [3.63, 3.8) is 0 Å². The van der Waals surface area contributed by atoms with Crippen molar-refractivity contribution < 1.29 is 9.53 Å². The topological polar surface area (TPSA) is 68.2 Å². The van der Waals surface area contributed by atoms with Crippen molar-refractivity contribution in [3.05, 3.63) is 82.1 Å². The number of para-hydroxylation sites is 1. The Morgan fingerprint density at radius 2 is 1.90 bits per heavy atom. The van der Waals surface area contributed by atoms with Crippen LogP contribution < -0.4 is 10.6 Å². The van der Waals surface area contributed by atoms with Crippen LogP contribution in [0.5, 0.6) is 0 Å². The van der Waals surface area contributed by atoms with Crippen molar-refractivity contribution in [2.45, 2.75) is 19.9 Å². The largest absolute Gasteiger partial charge is 0.463 e. The normalized spacial score (nSPS) is 16.0. The molecule has 0 bridgehead atoms. The standard InChI is InChI=1S/C23H21BrN4O2S/c1-3-30-22(29)19-14(2)25-23(31)26-21(19)18-13-28(17-7-5-4-6-8-17)27-20(18)15-9-11-16(24)12-10-15/h4-13,21H,3H2,1-2H3,(H2,25,26,31)/t21-/m0/s1. The average molecular weight is 497 g/mol. The van der Waals surface area contributed by atoms with Crippen LogP contribution in [0.15, 0.2) is 76.5 Å². The summed E-state index contributed by atoms with van der Waals surface area (Å²) in [5.74, 6) is -0.387. The molecule has 0 saturated carbocycles. The van der Waals surface area contributed by atoms with Crippen LogP contribution in [-0.4, -0.2) is 27.5 Å². The van der Waals surface area contributed by atoms with Gasteiger partial charge in [0.25, 0.3) is 0 Å². The lowest BCUT2D eigenvalue weighted by Crippen LogP contribution is -2.45. The molecule has 0 unspecified atom stereocenters. The molecule has 0 spiro atoms. The fourth-order valence-corrected chi connectivity index (χ4v) is 4.09. The molecule has 2 N–H and O–H groups in total. The maximum Gasteiger partial charge on any atom is 0.338 e. The minimum Gasteiger partial charge on any atom is -0.463 e. The van der Waals surface area contributed by atoms with E-state index in [2.05, 4.69) is 26.6 Å². The summed E-state index contributed by atoms with van der Waals surface area (Å²) >= 11 is 8.88. The molecule has 4 rings (SSSR count). The van der Waals surface area contributed by atoms with E-state index >= 15 is 0 Å². The third-order valence-corrected chi connectivity index (χ3v) is 5.71. The molecule has 0 radical (unpaired) electrons. The van der Waals surface area contributed by atoms with Gasteiger partial charge in [-0.2, -0.15) is 5.10 Å². The molecule has 158 valence electrons. The number of thiocarbonyl (C=S) groups is 1. The number of carbonyl (C=O) groups excluding carboxylic acids is 1. The predicted octanol–water partition coefficient (Wildman–Crippen LogP) is 4.66. The summed E-state index contributed by atoms with van der Waals surface area (Å²) in [7, 11) is 0. The smallest absolute Gasteiger partial charge is 0.338 e. The zero-order valence-corrected chi connectivity index (χ0v) is 19.5. The van der Waals surface area contributed by atoms with E-state index in [1.54, 1.807) is 6.92 Å². The molecule has 1 aromatic heterocycles. The van der Waals surface area contributed by atoms with Crippen LogP contribution in [0.25, 0.3) is 16.9 Å². The van der Waals surface area contributed by atoms with E-state index in [4.69, 9.17) is 22.1 Å². The molecular formula is C23H21BrN4O2S. The highest BCUT2D eigenvalue weighted by molar-refractivity contribution is 9.10. The summed E-state index contributed by atoms with van der Waals surface area (Å²) in [6.07, 6.45) is 1.94. The van der Waals surface area contributed by atoms with Gasteiger partial charge in [0.1, 0.15) is 0 Å². The van der Waals surface area contributed by atoms with Gasteiger partial charge in [-0.05, 0) is 50.3 Å². The number of ether oxygens (including phenoxy) is 1. The molecular weight excluding hydrogens is 476 g/mol. The van der Waals surface area contributed by atoms with Gasteiger partial charge < -0.3 is 15.4 Å². The Kier molecular flexibility index (Phi) is 6.20. The van der Waals surface area contributed by atoms with Crippen molar-refractivity contribution in [3.8, 4) is 16.9 Å². The monoisotopic (exact) mass is 496 g/mol. The Morgan fingerprint density at radius 3 is 2.58 bits per heavy atom. The Balaban J connectivity index is 1.90. The van der Waals surface area contributed by atoms with Gasteiger partial charge in [0.15, 0.2) is 5.11 Å². The summed E-state index contributed by atoms with van der Waals surface area (Å²) in [6, 6.07) is 17.3. The molecule has 2 aromatic carbocycles. The quantitative estimate of drug-likeness (QED) is 0.395. The predicted molar refractivity (Wildman–Crippen MR) is 128 cm³/mol. The molecule has 0 amide bonds. The molecule has 31 heavy (non-hydrogen) atoms. The van der Waals surface area contributed by atoms with Crippen molar-refractivity contribution in [2.24, 2.45) is 0 Å². The summed E-state index contributed by atoms with van der Waals surface area (Å²) in [6.45, 7) is 3.90. The first-order chi connectivity index (χ1) is 15.0. The average Bonchev–Trinajstić information content (AvgIpc) is 3.20. The maximum atomic E-state index is 12.8. The lowest BCUT2D eigenvalue weighted by Gasteiger charge is -2.29. The van der Waals surface area contributed by atoms with Gasteiger partial charge in [-0.1, -0.05) is 46.3 Å². The fraction of sp³-hybridized carbons (Fsp3) is 0.174. The third-order valence-electron chi connectivity index (χ3n) is 4.96. The van der Waals surface area contributed by atoms with Gasteiger partial charge in [0.2, 0.25) is 0 Å². The first kappa shape index (κ1) is 21.3. The third kappa shape index (κ3) is 4.40. The van der Waals surface area contributed by atoms with Crippen molar-refractivity contribution in [2.75, 3.05) is 6.61 Å². The lowest BCUT2D eigenvalue weighted by molar-refractivity contribution is -0.139. The lowest BCUT2D eigenvalue weighted by atomic mass is 9.94. The number of nitrogens with one attached hydrogen (secondary N) is 2. The number of esters is 1. The SMILES string of the molecule is CCOC(=O)C1=C(C)NC(=S)N[C@H]1c1cn(-c2ccccc2)nc1-c1ccc(Br)cc1. The first-order valence-corrected chi connectivity index (χ1v) is 11.0. The van der Waals surface area contributed by atoms with Gasteiger partial charge in [-0.25, -0.2) is 9.48 Å². The van der Waals surface area contributed by atoms with Crippen molar-refractivity contribution in [1.29, 1.82) is 0 Å². The maximum absolute atomic E-state index is 12.8. The summed E-state index contributed by atoms with van der Waals surface area (Å²) in [5.41, 5.74) is 4.59. The van der Waals surface area contributed by atoms with Crippen molar-refractivity contribution in [1.82, 2.24) is 20.4 Å². The second-order valence-corrected chi connectivity index (χ2v) is 8.33. The van der Waals surface area contributed by atoms with Gasteiger partial charge in [-0.3, -0.25) is 0 Å². The van der Waals surface area contributed by atoms with Crippen LogP contribution in [0.4, 0.5) is 0 Å². The number of hydrogen-bond donors (Lipinski definition) is 2. The molecule has 2 heterocycles. The zero-order chi connectivity index (χ0) is 22.0. The number of benzene rings is 2. The van der Waals surface area contributed by atoms with Crippen molar-refractivity contribution >= 4 is 39.2 Å². The van der Waals surface area contributed by atoms with E-state index in [0.29, 0.717) is 16.4 Å². The Labute approximate surface area is 194 Å². The molecule has 3 aromatic rings. The molecule has 6 nitrogen and oxygen atoms in total. The first-order valence-electron chi connectivity index (χ1n) is 9.84. The van der Waals surface area contributed by atoms with Gasteiger partial charge >= 0.3 is 5.97 Å². The number of hydrogen-bond acceptors (Lipinski definition) is 4. The minimum absolute atomic E-state index is 0.287. The Bertz CT molecular complexity index is 1160. The molecule has 1 atom stereocenters. The van der Waals surface area contributed by atoms with Crippen LogP contribution in [-0.2, 0) is 9.53 Å². The van der Waals surface area contributed by atoms with Crippen LogP contribution in [0.3, 0.4) is 0 Å². The van der Waals surface area contributed by atoms with E-state index in [1.807, 2.05) is 72.4 Å². The van der Waals surface area contributed by atoms with Crippen LogP contribution in [0.2, 0.25) is 0 Å². The Hall–Kier alpha value is -2.97. The summed E-state index contributed by atoms with van der Waals surface area (Å²) < 4.78 is 8.13. The number of rotatable bonds is 5. The van der Waals surface area contributed by atoms with Gasteiger partial charge in [0, 0.05) is 27.5 Å². The van der Waals surface area contributed by atoms with E-state index in [9.17, 15) is 4.79 Å². The van der Waals surface area contributed by atoms with Crippen LogP contribution in [0.1, 0.15) is 25.5 Å². The van der Waals surface area contributed by atoms with E-state index in [-0.39, 0.29) is 12.6 Å². The minimum atomic E-state index is -0.496. The second-order valence-electron chi connectivity index (χ2n) is 7.01. The number of allylic oxidation sites excluding steroid dienone is 1. The summed E-state index contributed by atoms with van der Waals surface area (Å²) in [5, 5.41) is 11.6. The number of carbonyl (C=O) groups is 1. The molecule has 8 heteroatoms. The highest BCUT2D eigenvalue weighted by Gasteiger charge is 2.34. The molecule has 1 aliphatic rings. The fourth-order valence-electron chi connectivity index (χ4n) is 3.55. The van der Waals surface area contributed by atoms with E-state index < -0.39 is 6.04 Å². The van der Waals surface area contributed by atoms with E-state index in [1.165, 1.54) is 0 Å². The highest BCUT2D eigenvalue weighted by Crippen LogP contribution is 2.35. The molecule has 0 fully saturated rings. The van der Waals surface area contributed by atoms with Crippen LogP contribution in [0, 0.1) is 0 Å². The molecule has 1 aliphatic heterocycles. The highest BCUT2D eigenvalue weighted by atomic mass is 79.9. The number of nitrogens with zero attached hydrogens (tertiary/aromatic N) is 2. The number of aromatic nitrogens is 2. The van der Waals surface area contributed by atoms with E-state index in [0.717, 1.165) is 27.0 Å². The summed E-state index contributed by atoms with van der Waals surface area (Å²) in [4.78, 5) is 12.8. The van der Waals surface area contributed by atoms with Gasteiger partial charge in [-0.15, -0.1) is 0 Å². The zero-order valence-electron chi connectivity index (χ0n) is 17.1.